The molecule has 0 fully saturated rings. The van der Waals surface area contributed by atoms with Crippen molar-refractivity contribution in [1.82, 2.24) is 0 Å². The monoisotopic (exact) mass is 174 g/mol. The first-order chi connectivity index (χ1) is 6.29. The highest BCUT2D eigenvalue weighted by atomic mass is 16.2. The molecule has 0 N–H and O–H groups in total. The summed E-state index contributed by atoms with van der Waals surface area (Å²) in [6.45, 7) is 1.84. The molecule has 0 aromatic heterocycles. The molecule has 3 nitrogen and oxygen atoms in total. The average molecular weight is 174 g/mol. The second-order valence-corrected chi connectivity index (χ2v) is 3.04. The van der Waals surface area contributed by atoms with Crippen LogP contribution in [0.15, 0.2) is 35.4 Å². The molecule has 2 rings (SSSR count). The zero-order valence-corrected chi connectivity index (χ0v) is 7.34. The van der Waals surface area contributed by atoms with E-state index in [2.05, 4.69) is 5.10 Å². The summed E-state index contributed by atoms with van der Waals surface area (Å²) in [5.74, 6) is -0.0635. The molecule has 1 amide bonds. The molecule has 1 aliphatic rings. The summed E-state index contributed by atoms with van der Waals surface area (Å²) in [5, 5.41) is 5.46. The molecule has 1 aromatic rings. The lowest BCUT2D eigenvalue weighted by atomic mass is 10.2. The van der Waals surface area contributed by atoms with E-state index in [-0.39, 0.29) is 11.8 Å². The molecule has 1 heterocycles. The van der Waals surface area contributed by atoms with Crippen molar-refractivity contribution in [3.63, 3.8) is 0 Å². The van der Waals surface area contributed by atoms with Gasteiger partial charge in [-0.3, -0.25) is 4.79 Å². The minimum Gasteiger partial charge on any atom is -0.272 e. The minimum atomic E-state index is -0.0970. The highest BCUT2D eigenvalue weighted by Gasteiger charge is 2.25. The Labute approximate surface area is 76.7 Å². The van der Waals surface area contributed by atoms with Gasteiger partial charge >= 0.3 is 0 Å². The van der Waals surface area contributed by atoms with Crippen LogP contribution in [0, 0.1) is 5.92 Å². The molecule has 1 aromatic carbocycles. The highest BCUT2D eigenvalue weighted by Crippen LogP contribution is 2.19. The average Bonchev–Trinajstić information content (AvgIpc) is 2.49. The fourth-order valence-corrected chi connectivity index (χ4v) is 1.24. The Bertz CT molecular complexity index is 345. The van der Waals surface area contributed by atoms with Gasteiger partial charge in [-0.15, -0.1) is 0 Å². The Hall–Kier alpha value is -1.64. The number of amides is 1. The molecular formula is C10H10N2O. The second-order valence-electron chi connectivity index (χ2n) is 3.04. The molecule has 0 unspecified atom stereocenters. The van der Waals surface area contributed by atoms with Crippen LogP contribution in [0.1, 0.15) is 6.92 Å². The summed E-state index contributed by atoms with van der Waals surface area (Å²) in [4.78, 5) is 11.5. The lowest BCUT2D eigenvalue weighted by molar-refractivity contribution is -0.119. The molecule has 66 valence electrons. The third-order valence-electron chi connectivity index (χ3n) is 2.00. The van der Waals surface area contributed by atoms with Crippen LogP contribution in [0.25, 0.3) is 0 Å². The molecule has 3 heteroatoms. The van der Waals surface area contributed by atoms with E-state index in [0.29, 0.717) is 0 Å². The summed E-state index contributed by atoms with van der Waals surface area (Å²) >= 11 is 0. The first-order valence-corrected chi connectivity index (χ1v) is 4.22. The van der Waals surface area contributed by atoms with E-state index in [4.69, 9.17) is 0 Å². The van der Waals surface area contributed by atoms with Crippen LogP contribution in [0.2, 0.25) is 0 Å². The van der Waals surface area contributed by atoms with Crippen molar-refractivity contribution in [3.8, 4) is 0 Å². The van der Waals surface area contributed by atoms with E-state index in [1.165, 1.54) is 5.01 Å². The number of nitrogens with zero attached hydrogens (tertiary/aromatic N) is 2. The number of hydrogen-bond acceptors (Lipinski definition) is 2. The van der Waals surface area contributed by atoms with Gasteiger partial charge in [-0.2, -0.15) is 5.10 Å². The number of hydrazone groups is 1. The van der Waals surface area contributed by atoms with E-state index in [1.807, 2.05) is 37.3 Å². The van der Waals surface area contributed by atoms with Gasteiger partial charge in [-0.25, -0.2) is 5.01 Å². The predicted molar refractivity (Wildman–Crippen MR) is 51.6 cm³/mol. The molecule has 0 aliphatic carbocycles. The number of benzene rings is 1. The Morgan fingerprint density at radius 1 is 1.31 bits per heavy atom. The summed E-state index contributed by atoms with van der Waals surface area (Å²) in [7, 11) is 0. The molecule has 1 atom stereocenters. The zero-order valence-electron chi connectivity index (χ0n) is 7.34. The number of carbonyl (C=O) groups excluding carboxylic acids is 1. The van der Waals surface area contributed by atoms with Gasteiger partial charge in [-0.05, 0) is 19.1 Å². The Kier molecular flexibility index (Phi) is 1.85. The van der Waals surface area contributed by atoms with Gasteiger partial charge in [0.1, 0.15) is 0 Å². The van der Waals surface area contributed by atoms with E-state index >= 15 is 0 Å². The smallest absolute Gasteiger partial charge is 0.255 e. The lowest BCUT2D eigenvalue weighted by Crippen LogP contribution is -2.24. The summed E-state index contributed by atoms with van der Waals surface area (Å²) in [6.07, 6.45) is 1.66. The van der Waals surface area contributed by atoms with Crippen LogP contribution in [0.4, 0.5) is 5.69 Å². The Morgan fingerprint density at radius 2 is 2.00 bits per heavy atom. The van der Waals surface area contributed by atoms with Crippen molar-refractivity contribution >= 4 is 17.8 Å². The SMILES string of the molecule is C[C@@H]1C=NN(c2ccccc2)C1=O. The molecule has 0 bridgehead atoms. The van der Waals surface area contributed by atoms with Crippen LogP contribution in [0.3, 0.4) is 0 Å². The van der Waals surface area contributed by atoms with Crippen LogP contribution in [-0.4, -0.2) is 12.1 Å². The Balaban J connectivity index is 2.30. The fraction of sp³-hybridized carbons (Fsp3) is 0.200. The molecule has 0 radical (unpaired) electrons. The van der Waals surface area contributed by atoms with Gasteiger partial charge in [-0.1, -0.05) is 18.2 Å². The number of para-hydroxylation sites is 1. The van der Waals surface area contributed by atoms with Gasteiger partial charge in [0.05, 0.1) is 11.6 Å². The normalized spacial score (nSPS) is 21.2. The lowest BCUT2D eigenvalue weighted by Gasteiger charge is -2.11. The van der Waals surface area contributed by atoms with Crippen LogP contribution in [0.5, 0.6) is 0 Å². The summed E-state index contributed by atoms with van der Waals surface area (Å²) in [6, 6.07) is 9.43. The van der Waals surface area contributed by atoms with Gasteiger partial charge in [0.25, 0.3) is 5.91 Å². The standard InChI is InChI=1S/C10H10N2O/c1-8-7-11-12(10(8)13)9-5-3-2-4-6-9/h2-8H,1H3/t8-/m1/s1. The number of rotatable bonds is 1. The molecule has 0 saturated heterocycles. The van der Waals surface area contributed by atoms with Gasteiger partial charge < -0.3 is 0 Å². The molecule has 1 aliphatic heterocycles. The van der Waals surface area contributed by atoms with Crippen molar-refractivity contribution in [3.05, 3.63) is 30.3 Å². The van der Waals surface area contributed by atoms with Crippen molar-refractivity contribution in [2.45, 2.75) is 6.92 Å². The molecular weight excluding hydrogens is 164 g/mol. The maximum absolute atomic E-state index is 11.5. The van der Waals surface area contributed by atoms with Crippen molar-refractivity contribution in [1.29, 1.82) is 0 Å². The predicted octanol–water partition coefficient (Wildman–Crippen LogP) is 1.66. The zero-order chi connectivity index (χ0) is 9.26. The maximum atomic E-state index is 11.5. The quantitative estimate of drug-likeness (QED) is 0.637. The third-order valence-corrected chi connectivity index (χ3v) is 2.00. The van der Waals surface area contributed by atoms with E-state index in [9.17, 15) is 4.79 Å². The first-order valence-electron chi connectivity index (χ1n) is 4.22. The number of anilines is 1. The number of carbonyl (C=O) groups is 1. The maximum Gasteiger partial charge on any atom is 0.255 e. The van der Waals surface area contributed by atoms with E-state index < -0.39 is 0 Å². The summed E-state index contributed by atoms with van der Waals surface area (Å²) in [5.41, 5.74) is 0.827. The van der Waals surface area contributed by atoms with Crippen molar-refractivity contribution in [2.75, 3.05) is 5.01 Å². The second kappa shape index (κ2) is 3.01. The largest absolute Gasteiger partial charge is 0.272 e. The molecule has 13 heavy (non-hydrogen) atoms. The van der Waals surface area contributed by atoms with Crippen LogP contribution in [-0.2, 0) is 4.79 Å². The Morgan fingerprint density at radius 3 is 2.54 bits per heavy atom. The van der Waals surface area contributed by atoms with Crippen molar-refractivity contribution < 1.29 is 4.79 Å². The van der Waals surface area contributed by atoms with Gasteiger partial charge in [0.15, 0.2) is 0 Å². The topological polar surface area (TPSA) is 32.7 Å². The molecule has 0 saturated carbocycles. The van der Waals surface area contributed by atoms with Gasteiger partial charge in [0.2, 0.25) is 0 Å². The first kappa shape index (κ1) is 7.98. The van der Waals surface area contributed by atoms with Crippen LogP contribution >= 0.6 is 0 Å². The van der Waals surface area contributed by atoms with Crippen molar-refractivity contribution in [2.24, 2.45) is 11.0 Å². The molecule has 0 spiro atoms. The fourth-order valence-electron chi connectivity index (χ4n) is 1.24. The van der Waals surface area contributed by atoms with Gasteiger partial charge in [0, 0.05) is 6.21 Å². The number of hydrogen-bond donors (Lipinski definition) is 0. The highest BCUT2D eigenvalue weighted by molar-refractivity contribution is 6.07. The minimum absolute atomic E-state index is 0.0335. The van der Waals surface area contributed by atoms with E-state index in [1.54, 1.807) is 6.21 Å². The summed E-state index contributed by atoms with van der Waals surface area (Å²) < 4.78 is 0. The van der Waals surface area contributed by atoms with Crippen LogP contribution < -0.4 is 5.01 Å². The van der Waals surface area contributed by atoms with E-state index in [0.717, 1.165) is 5.69 Å². The third kappa shape index (κ3) is 1.33.